The lowest BCUT2D eigenvalue weighted by Crippen LogP contribution is -2.52. The summed E-state index contributed by atoms with van der Waals surface area (Å²) in [6, 6.07) is 9.31. The second kappa shape index (κ2) is 10.8. The number of hydrogen-bond donors (Lipinski definition) is 0. The monoisotopic (exact) mass is 553 g/mol. The van der Waals surface area contributed by atoms with Crippen LogP contribution in [-0.2, 0) is 4.74 Å². The molecule has 0 saturated carbocycles. The van der Waals surface area contributed by atoms with Gasteiger partial charge in [-0.05, 0) is 44.5 Å². The van der Waals surface area contributed by atoms with Gasteiger partial charge in [-0.15, -0.1) is 0 Å². The molecule has 1 aromatic carbocycles. The van der Waals surface area contributed by atoms with Gasteiger partial charge in [-0.3, -0.25) is 4.79 Å². The number of amides is 1. The number of ether oxygens (including phenoxy) is 2. The van der Waals surface area contributed by atoms with Crippen LogP contribution in [0.25, 0.3) is 5.65 Å². The molecule has 2 saturated heterocycles. The molecule has 3 aliphatic rings. The molecule has 1 amide bonds. The number of piperidine rings is 1. The van der Waals surface area contributed by atoms with Crippen molar-refractivity contribution >= 4 is 34.8 Å². The summed E-state index contributed by atoms with van der Waals surface area (Å²) in [6.45, 7) is 5.15. The van der Waals surface area contributed by atoms with Crippen LogP contribution in [0.1, 0.15) is 41.4 Å². The van der Waals surface area contributed by atoms with Gasteiger partial charge in [0.15, 0.2) is 5.65 Å². The predicted octanol–water partition coefficient (Wildman–Crippen LogP) is 3.35. The van der Waals surface area contributed by atoms with E-state index in [1.807, 2.05) is 15.5 Å². The number of benzene rings is 1. The Balaban J connectivity index is 1.44. The van der Waals surface area contributed by atoms with Crippen molar-refractivity contribution in [2.24, 2.45) is 0 Å². The highest BCUT2D eigenvalue weighted by Crippen LogP contribution is 2.35. The number of rotatable bonds is 2. The van der Waals surface area contributed by atoms with Crippen LogP contribution in [0, 0.1) is 0 Å². The molecule has 0 N–H and O–H groups in total. The van der Waals surface area contributed by atoms with E-state index in [4.69, 9.17) is 31.2 Å². The van der Waals surface area contributed by atoms with Crippen molar-refractivity contribution in [1.29, 1.82) is 0 Å². The van der Waals surface area contributed by atoms with Crippen molar-refractivity contribution in [1.82, 2.24) is 24.4 Å². The minimum Gasteiger partial charge on any atom is -0.491 e. The average Bonchev–Trinajstić information content (AvgIpc) is 3.35. The van der Waals surface area contributed by atoms with Crippen molar-refractivity contribution in [2.75, 3.05) is 76.9 Å². The third-order valence-electron chi connectivity index (χ3n) is 8.14. The first-order chi connectivity index (χ1) is 18.9. The number of halogens is 1. The number of aromatic nitrogens is 3. The van der Waals surface area contributed by atoms with E-state index in [0.29, 0.717) is 29.5 Å². The van der Waals surface area contributed by atoms with Crippen LogP contribution in [0.3, 0.4) is 0 Å². The first-order valence-corrected chi connectivity index (χ1v) is 14.1. The van der Waals surface area contributed by atoms with E-state index in [1.165, 1.54) is 0 Å². The number of hydrogen-bond acceptors (Lipinski definition) is 8. The predicted molar refractivity (Wildman–Crippen MR) is 151 cm³/mol. The normalized spacial score (nSPS) is 21.6. The van der Waals surface area contributed by atoms with Crippen LogP contribution in [0.2, 0.25) is 5.02 Å². The van der Waals surface area contributed by atoms with E-state index < -0.39 is 0 Å². The number of fused-ring (bicyclic) bond motifs is 4. The first-order valence-electron chi connectivity index (χ1n) is 13.7. The van der Waals surface area contributed by atoms with Gasteiger partial charge in [0.25, 0.3) is 5.91 Å². The fourth-order valence-corrected chi connectivity index (χ4v) is 5.80. The summed E-state index contributed by atoms with van der Waals surface area (Å²) in [4.78, 5) is 27.6. The second-order valence-corrected chi connectivity index (χ2v) is 11.2. The van der Waals surface area contributed by atoms with Gasteiger partial charge in [0.2, 0.25) is 0 Å². The Kier molecular flexibility index (Phi) is 7.26. The molecule has 6 rings (SSSR count). The maximum Gasteiger partial charge on any atom is 0.258 e. The molecule has 1 atom stereocenters. The molecular formula is C28H36ClN7O3. The van der Waals surface area contributed by atoms with Gasteiger partial charge in [0.1, 0.15) is 24.0 Å². The smallest absolute Gasteiger partial charge is 0.258 e. The highest BCUT2D eigenvalue weighted by Gasteiger charge is 2.34. The van der Waals surface area contributed by atoms with Gasteiger partial charge in [0.05, 0.1) is 23.4 Å². The average molecular weight is 554 g/mol. The Morgan fingerprint density at radius 2 is 1.90 bits per heavy atom. The molecule has 11 heteroatoms. The topological polar surface area (TPSA) is 78.7 Å². The van der Waals surface area contributed by atoms with E-state index >= 15 is 0 Å². The molecule has 2 aromatic heterocycles. The molecule has 0 radical (unpaired) electrons. The lowest BCUT2D eigenvalue weighted by atomic mass is 9.98. The Bertz CT molecular complexity index is 1360. The number of anilines is 2. The van der Waals surface area contributed by atoms with Gasteiger partial charge in [-0.1, -0.05) is 11.6 Å². The number of methoxy groups -OCH3 is 1. The Labute approximate surface area is 234 Å². The van der Waals surface area contributed by atoms with Crippen LogP contribution in [-0.4, -0.2) is 103 Å². The molecular weight excluding hydrogens is 518 g/mol. The van der Waals surface area contributed by atoms with Crippen molar-refractivity contribution < 1.29 is 14.3 Å². The van der Waals surface area contributed by atoms with Crippen molar-refractivity contribution in [3.8, 4) is 5.75 Å². The van der Waals surface area contributed by atoms with E-state index in [9.17, 15) is 4.79 Å². The van der Waals surface area contributed by atoms with Gasteiger partial charge < -0.3 is 29.1 Å². The molecule has 39 heavy (non-hydrogen) atoms. The van der Waals surface area contributed by atoms with Gasteiger partial charge in [-0.2, -0.15) is 9.61 Å². The Hall–Kier alpha value is -3.08. The molecule has 2 bridgehead atoms. The zero-order valence-corrected chi connectivity index (χ0v) is 23.6. The molecule has 10 nitrogen and oxygen atoms in total. The van der Waals surface area contributed by atoms with Crippen LogP contribution < -0.4 is 14.5 Å². The maximum absolute atomic E-state index is 14.0. The number of nitrogens with zero attached hydrogens (tertiary/aromatic N) is 7. The Morgan fingerprint density at radius 1 is 1.05 bits per heavy atom. The largest absolute Gasteiger partial charge is 0.491 e. The summed E-state index contributed by atoms with van der Waals surface area (Å²) in [7, 11) is 5.93. The highest BCUT2D eigenvalue weighted by molar-refractivity contribution is 6.31. The summed E-state index contributed by atoms with van der Waals surface area (Å²) >= 11 is 6.35. The quantitative estimate of drug-likeness (QED) is 0.478. The summed E-state index contributed by atoms with van der Waals surface area (Å²) in [5.41, 5.74) is 2.14. The van der Waals surface area contributed by atoms with Crippen LogP contribution in [0.5, 0.6) is 5.75 Å². The molecule has 3 aliphatic heterocycles. The van der Waals surface area contributed by atoms with Crippen molar-refractivity contribution in [2.45, 2.75) is 31.4 Å². The van der Waals surface area contributed by atoms with E-state index in [2.05, 4.69) is 34.9 Å². The van der Waals surface area contributed by atoms with E-state index in [0.717, 1.165) is 75.0 Å². The maximum atomic E-state index is 14.0. The number of likely N-dealkylation sites (N-methyl/N-ethyl adjacent to an activating group) is 2. The summed E-state index contributed by atoms with van der Waals surface area (Å²) in [6.07, 6.45) is 3.05. The minimum absolute atomic E-state index is 0.0770. The summed E-state index contributed by atoms with van der Waals surface area (Å²) in [5.74, 6) is 2.39. The van der Waals surface area contributed by atoms with Gasteiger partial charge in [0, 0.05) is 70.6 Å². The lowest BCUT2D eigenvalue weighted by molar-refractivity contribution is 0.0601. The minimum atomic E-state index is -0.151. The summed E-state index contributed by atoms with van der Waals surface area (Å²) < 4.78 is 13.6. The second-order valence-electron chi connectivity index (χ2n) is 10.8. The lowest BCUT2D eigenvalue weighted by Gasteiger charge is -2.39. The molecule has 1 unspecified atom stereocenters. The van der Waals surface area contributed by atoms with Crippen LogP contribution >= 0.6 is 11.6 Å². The third kappa shape index (κ3) is 5.13. The summed E-state index contributed by atoms with van der Waals surface area (Å²) in [5, 5.41) is 5.58. The first kappa shape index (κ1) is 26.2. The number of carbonyl (C=O) groups is 1. The molecule has 2 fully saturated rings. The molecule has 208 valence electrons. The molecule has 5 heterocycles. The SMILES string of the molecule is COC1CN(c2cc3n4nc(cc4n2)C2CCCCN2C(=O)c2cc(Cl)ccc2OCCN(C)CCN3C)C1. The van der Waals surface area contributed by atoms with Crippen molar-refractivity contribution in [3.05, 3.63) is 46.6 Å². The van der Waals surface area contributed by atoms with Gasteiger partial charge >= 0.3 is 0 Å². The zero-order valence-electron chi connectivity index (χ0n) is 22.8. The standard InChI is InChI=1S/C28H36ClN7O3/c1-32-10-11-33(2)27-16-25(34-17-20(18-34)38-3)30-26-15-22(31-36(26)27)23-6-4-5-9-35(23)28(37)21-14-19(29)7-8-24(21)39-13-12-32/h7-8,14-16,20,23H,4-6,9-13,17-18H2,1-3H3. The molecule has 0 aliphatic carbocycles. The zero-order chi connectivity index (χ0) is 27.1. The fourth-order valence-electron chi connectivity index (χ4n) is 5.63. The third-order valence-corrected chi connectivity index (χ3v) is 8.37. The fraction of sp³-hybridized carbons (Fsp3) is 0.536. The van der Waals surface area contributed by atoms with E-state index in [1.54, 1.807) is 25.3 Å². The van der Waals surface area contributed by atoms with Crippen LogP contribution in [0.4, 0.5) is 11.6 Å². The van der Waals surface area contributed by atoms with E-state index in [-0.39, 0.29) is 18.1 Å². The number of carbonyl (C=O) groups excluding carboxylic acids is 1. The van der Waals surface area contributed by atoms with Crippen LogP contribution in [0.15, 0.2) is 30.3 Å². The highest BCUT2D eigenvalue weighted by atomic mass is 35.5. The molecule has 0 spiro atoms. The Morgan fingerprint density at radius 3 is 2.72 bits per heavy atom. The molecule has 3 aromatic rings. The van der Waals surface area contributed by atoms with Crippen molar-refractivity contribution in [3.63, 3.8) is 0 Å². The van der Waals surface area contributed by atoms with Gasteiger partial charge in [-0.25, -0.2) is 4.98 Å².